The first-order chi connectivity index (χ1) is 16.3. The molecular formula is C23H26BN3O6S. The first kappa shape index (κ1) is 24.1. The molecule has 34 heavy (non-hydrogen) atoms. The third-order valence-corrected chi connectivity index (χ3v) is 7.24. The number of hydrogen-bond donors (Lipinski definition) is 4. The lowest BCUT2D eigenvalue weighted by Crippen LogP contribution is -2.54. The van der Waals surface area contributed by atoms with Crippen molar-refractivity contribution in [3.63, 3.8) is 0 Å². The molecular weight excluding hydrogens is 457 g/mol. The molecule has 2 unspecified atom stereocenters. The Hall–Kier alpha value is -2.99. The molecule has 1 aliphatic carbocycles. The molecule has 1 aliphatic rings. The van der Waals surface area contributed by atoms with Crippen LogP contribution in [0, 0.1) is 5.92 Å². The predicted octanol–water partition coefficient (Wildman–Crippen LogP) is 1.53. The van der Waals surface area contributed by atoms with E-state index in [-0.39, 0.29) is 11.3 Å². The van der Waals surface area contributed by atoms with Gasteiger partial charge < -0.3 is 19.8 Å². The molecule has 1 saturated carbocycles. The van der Waals surface area contributed by atoms with Crippen LogP contribution >= 0.6 is 0 Å². The Bertz CT molecular complexity index is 1180. The number of nitrogens with one attached hydrogen (secondary N) is 2. The molecule has 0 aliphatic heterocycles. The Balaban J connectivity index is 1.53. The van der Waals surface area contributed by atoms with Crippen LogP contribution in [0.4, 0.5) is 0 Å². The summed E-state index contributed by atoms with van der Waals surface area (Å²) in [5, 5.41) is 22.1. The molecule has 2 aromatic carbocycles. The van der Waals surface area contributed by atoms with Gasteiger partial charge in [0.2, 0.25) is 15.9 Å². The fraction of sp³-hybridized carbons (Fsp3) is 0.304. The summed E-state index contributed by atoms with van der Waals surface area (Å²) >= 11 is 0. The van der Waals surface area contributed by atoms with Gasteiger partial charge in [-0.05, 0) is 48.6 Å². The summed E-state index contributed by atoms with van der Waals surface area (Å²) in [4.78, 5) is 16.9. The molecule has 1 fully saturated rings. The second-order valence-electron chi connectivity index (χ2n) is 8.46. The van der Waals surface area contributed by atoms with Crippen LogP contribution in [0.15, 0.2) is 76.5 Å². The number of oxazole rings is 1. The van der Waals surface area contributed by atoms with E-state index in [4.69, 9.17) is 4.42 Å². The van der Waals surface area contributed by atoms with Gasteiger partial charge >= 0.3 is 7.12 Å². The van der Waals surface area contributed by atoms with Crippen molar-refractivity contribution in [1.82, 2.24) is 15.0 Å². The Morgan fingerprint density at radius 3 is 2.41 bits per heavy atom. The fourth-order valence-corrected chi connectivity index (χ4v) is 4.90. The van der Waals surface area contributed by atoms with E-state index >= 15 is 0 Å². The second kappa shape index (κ2) is 10.5. The largest absolute Gasteiger partial charge is 0.475 e. The van der Waals surface area contributed by atoms with Crippen molar-refractivity contribution in [2.45, 2.75) is 42.6 Å². The SMILES string of the molecule is O=C(NC(CC1CC1)B(O)O)C(Cc1ccccc1)NS(=O)(=O)c1ccc(-c2cnco2)cc1. The molecule has 4 N–H and O–H groups in total. The van der Waals surface area contributed by atoms with Crippen LogP contribution < -0.4 is 10.0 Å². The Morgan fingerprint density at radius 2 is 1.82 bits per heavy atom. The quantitative estimate of drug-likeness (QED) is 0.303. The molecule has 1 amide bonds. The minimum Gasteiger partial charge on any atom is -0.444 e. The van der Waals surface area contributed by atoms with Crippen molar-refractivity contribution in [2.75, 3.05) is 0 Å². The van der Waals surface area contributed by atoms with Crippen LogP contribution in [0.5, 0.6) is 0 Å². The van der Waals surface area contributed by atoms with E-state index < -0.39 is 35.0 Å². The van der Waals surface area contributed by atoms with E-state index in [1.165, 1.54) is 24.7 Å². The molecule has 0 saturated heterocycles. The summed E-state index contributed by atoms with van der Waals surface area (Å²) in [5.74, 6) is -0.657. The van der Waals surface area contributed by atoms with E-state index in [0.29, 0.717) is 23.7 Å². The van der Waals surface area contributed by atoms with Gasteiger partial charge in [0.25, 0.3) is 0 Å². The standard InChI is InChI=1S/C23H26BN3O6S/c28-23(26-22(24(29)30)13-17-6-7-17)20(12-16-4-2-1-3-5-16)27-34(31,32)19-10-8-18(9-11-19)21-14-25-15-33-21/h1-5,8-11,14-15,17,20,22,27,29-30H,6-7,12-13H2,(H,26,28). The van der Waals surface area contributed by atoms with Crippen molar-refractivity contribution >= 4 is 23.0 Å². The number of benzene rings is 2. The van der Waals surface area contributed by atoms with Gasteiger partial charge in [-0.15, -0.1) is 0 Å². The summed E-state index contributed by atoms with van der Waals surface area (Å²) in [5.41, 5.74) is 1.42. The lowest BCUT2D eigenvalue weighted by Gasteiger charge is -2.23. The van der Waals surface area contributed by atoms with Crippen LogP contribution in [0.1, 0.15) is 24.8 Å². The fourth-order valence-electron chi connectivity index (χ4n) is 3.70. The highest BCUT2D eigenvalue weighted by Gasteiger charge is 2.35. The van der Waals surface area contributed by atoms with Crippen LogP contribution in [-0.2, 0) is 21.2 Å². The zero-order valence-corrected chi connectivity index (χ0v) is 19.2. The summed E-state index contributed by atoms with van der Waals surface area (Å²) in [6, 6.07) is 13.9. The first-order valence-corrected chi connectivity index (χ1v) is 12.5. The number of carbonyl (C=O) groups excluding carboxylic acids is 1. The summed E-state index contributed by atoms with van der Waals surface area (Å²) in [6.07, 6.45) is 5.28. The number of aromatic nitrogens is 1. The van der Waals surface area contributed by atoms with Gasteiger partial charge in [-0.1, -0.05) is 43.2 Å². The Kier molecular flexibility index (Phi) is 7.47. The molecule has 0 radical (unpaired) electrons. The van der Waals surface area contributed by atoms with E-state index in [2.05, 4.69) is 15.0 Å². The van der Waals surface area contributed by atoms with E-state index in [1.54, 1.807) is 36.4 Å². The van der Waals surface area contributed by atoms with Gasteiger partial charge in [0.05, 0.1) is 17.0 Å². The molecule has 0 spiro atoms. The number of sulfonamides is 1. The van der Waals surface area contributed by atoms with Crippen LogP contribution in [0.25, 0.3) is 11.3 Å². The topological polar surface area (TPSA) is 142 Å². The van der Waals surface area contributed by atoms with Crippen LogP contribution in [0.3, 0.4) is 0 Å². The molecule has 4 rings (SSSR count). The maximum Gasteiger partial charge on any atom is 0.475 e. The normalized spacial score (nSPS) is 15.5. The van der Waals surface area contributed by atoms with Crippen LogP contribution in [-0.4, -0.2) is 48.5 Å². The first-order valence-electron chi connectivity index (χ1n) is 11.0. The van der Waals surface area contributed by atoms with Gasteiger partial charge in [0.15, 0.2) is 12.2 Å². The third kappa shape index (κ3) is 6.32. The number of rotatable bonds is 11. The summed E-state index contributed by atoms with van der Waals surface area (Å²) in [7, 11) is -5.79. The lowest BCUT2D eigenvalue weighted by molar-refractivity contribution is -0.123. The highest BCUT2D eigenvalue weighted by atomic mass is 32.2. The lowest BCUT2D eigenvalue weighted by atomic mass is 9.76. The Labute approximate surface area is 198 Å². The highest BCUT2D eigenvalue weighted by Crippen LogP contribution is 2.33. The second-order valence-corrected chi connectivity index (χ2v) is 10.2. The van der Waals surface area contributed by atoms with Crippen molar-refractivity contribution in [2.24, 2.45) is 5.92 Å². The highest BCUT2D eigenvalue weighted by molar-refractivity contribution is 7.89. The number of amides is 1. The van der Waals surface area contributed by atoms with Gasteiger partial charge in [-0.3, -0.25) is 4.79 Å². The number of nitrogens with zero attached hydrogens (tertiary/aromatic N) is 1. The molecule has 1 heterocycles. The predicted molar refractivity (Wildman–Crippen MR) is 126 cm³/mol. The van der Waals surface area contributed by atoms with Gasteiger partial charge in [-0.2, -0.15) is 4.72 Å². The molecule has 11 heteroatoms. The minimum absolute atomic E-state index is 0.0154. The van der Waals surface area contributed by atoms with Crippen molar-refractivity contribution in [3.8, 4) is 11.3 Å². The minimum atomic E-state index is -4.06. The van der Waals surface area contributed by atoms with E-state index in [9.17, 15) is 23.3 Å². The molecule has 9 nitrogen and oxygen atoms in total. The van der Waals surface area contributed by atoms with Crippen molar-refractivity contribution in [1.29, 1.82) is 0 Å². The van der Waals surface area contributed by atoms with Crippen LogP contribution in [0.2, 0.25) is 0 Å². The molecule has 178 valence electrons. The maximum absolute atomic E-state index is 13.1. The van der Waals surface area contributed by atoms with Gasteiger partial charge in [-0.25, -0.2) is 13.4 Å². The third-order valence-electron chi connectivity index (χ3n) is 5.75. The summed E-state index contributed by atoms with van der Waals surface area (Å²) < 4.78 is 33.9. The molecule has 1 aromatic heterocycles. The maximum atomic E-state index is 13.1. The average Bonchev–Trinajstić information content (AvgIpc) is 3.47. The van der Waals surface area contributed by atoms with E-state index in [1.807, 2.05) is 6.07 Å². The van der Waals surface area contributed by atoms with Gasteiger partial charge in [0, 0.05) is 5.56 Å². The zero-order chi connectivity index (χ0) is 24.1. The number of carbonyl (C=O) groups is 1. The average molecular weight is 483 g/mol. The Morgan fingerprint density at radius 1 is 1.12 bits per heavy atom. The monoisotopic (exact) mass is 483 g/mol. The smallest absolute Gasteiger partial charge is 0.444 e. The molecule has 0 bridgehead atoms. The molecule has 2 atom stereocenters. The summed E-state index contributed by atoms with van der Waals surface area (Å²) in [6.45, 7) is 0. The van der Waals surface area contributed by atoms with Crippen molar-refractivity contribution in [3.05, 3.63) is 72.8 Å². The zero-order valence-electron chi connectivity index (χ0n) is 18.4. The van der Waals surface area contributed by atoms with E-state index in [0.717, 1.165) is 18.4 Å². The van der Waals surface area contributed by atoms with Gasteiger partial charge in [0.1, 0.15) is 6.04 Å². The molecule has 3 aromatic rings. The van der Waals surface area contributed by atoms with Crippen molar-refractivity contribution < 1.29 is 27.7 Å². The number of hydrogen-bond acceptors (Lipinski definition) is 7.